The Labute approximate surface area is 105 Å². The molecule has 0 aliphatic heterocycles. The second-order valence-corrected chi connectivity index (χ2v) is 3.12. The molecular weight excluding hydrogens is 240 g/mol. The van der Waals surface area contributed by atoms with Crippen LogP contribution < -0.4 is 0 Å². The lowest BCUT2D eigenvalue weighted by Crippen LogP contribution is -2.29. The minimum atomic E-state index is -0.698. The zero-order valence-electron chi connectivity index (χ0n) is 10.4. The molecule has 0 radical (unpaired) electrons. The number of hydrogen-bond acceptors (Lipinski definition) is 5. The molecule has 7 heteroatoms. The van der Waals surface area contributed by atoms with E-state index >= 15 is 0 Å². The second kappa shape index (κ2) is 8.91. The van der Waals surface area contributed by atoms with Gasteiger partial charge in [0.05, 0.1) is 6.54 Å². The van der Waals surface area contributed by atoms with Crippen LogP contribution in [-0.4, -0.2) is 55.9 Å². The van der Waals surface area contributed by atoms with E-state index in [1.54, 1.807) is 6.92 Å². The molecule has 0 aliphatic rings. The minimum Gasteiger partial charge on any atom is -0.461 e. The van der Waals surface area contributed by atoms with E-state index in [-0.39, 0.29) is 13.2 Å². The molecule has 0 N–H and O–H groups in total. The maximum Gasteiger partial charge on any atom is 0.344 e. The normalized spacial score (nSPS) is 9.89. The molecule has 0 saturated carbocycles. The monoisotopic (exact) mass is 256 g/mol. The highest BCUT2D eigenvalue weighted by atomic mass is 16.6. The fourth-order valence-electron chi connectivity index (χ4n) is 0.832. The van der Waals surface area contributed by atoms with Crippen LogP contribution in [0.3, 0.4) is 0 Å². The third-order valence-corrected chi connectivity index (χ3v) is 1.75. The highest BCUT2D eigenvalue weighted by Gasteiger charge is 2.09. The van der Waals surface area contributed by atoms with Gasteiger partial charge in [0.15, 0.2) is 6.61 Å². The first kappa shape index (κ1) is 15.8. The highest BCUT2D eigenvalue weighted by molar-refractivity contribution is 5.84. The third-order valence-electron chi connectivity index (χ3n) is 1.75. The van der Waals surface area contributed by atoms with Gasteiger partial charge in [0.2, 0.25) is 0 Å². The van der Waals surface area contributed by atoms with Gasteiger partial charge in [-0.25, -0.2) is 19.4 Å². The summed E-state index contributed by atoms with van der Waals surface area (Å²) in [5.74, 6) is -1.39. The van der Waals surface area contributed by atoms with Crippen LogP contribution in [0.1, 0.15) is 6.92 Å². The van der Waals surface area contributed by atoms with Gasteiger partial charge in [-0.15, -0.1) is 0 Å². The Balaban J connectivity index is 3.77. The summed E-state index contributed by atoms with van der Waals surface area (Å²) >= 11 is 0. The summed E-state index contributed by atoms with van der Waals surface area (Å²) in [4.78, 5) is 37.7. The smallest absolute Gasteiger partial charge is 0.344 e. The van der Waals surface area contributed by atoms with E-state index < -0.39 is 24.6 Å². The largest absolute Gasteiger partial charge is 0.461 e. The van der Waals surface area contributed by atoms with Crippen molar-refractivity contribution in [2.45, 2.75) is 6.92 Å². The maximum atomic E-state index is 11.2. The highest BCUT2D eigenvalue weighted by Crippen LogP contribution is 1.90. The molecule has 0 rings (SSSR count). The number of carbonyl (C=O) groups is 3. The van der Waals surface area contributed by atoms with Gasteiger partial charge in [0, 0.05) is 19.3 Å². The summed E-state index contributed by atoms with van der Waals surface area (Å²) in [6, 6.07) is -0.424. The first-order valence-electron chi connectivity index (χ1n) is 5.19. The predicted octanol–water partition coefficient (Wildman–Crippen LogP) is 0.401. The summed E-state index contributed by atoms with van der Waals surface area (Å²) in [6.45, 7) is 4.54. The van der Waals surface area contributed by atoms with Crippen molar-refractivity contribution < 1.29 is 23.9 Å². The average molecular weight is 256 g/mol. The van der Waals surface area contributed by atoms with E-state index in [1.165, 1.54) is 18.2 Å². The molecule has 0 aliphatic carbocycles. The Morgan fingerprint density at radius 3 is 2.56 bits per heavy atom. The third kappa shape index (κ3) is 7.15. The molecule has 0 heterocycles. The van der Waals surface area contributed by atoms with E-state index in [2.05, 4.69) is 16.3 Å². The Bertz CT molecular complexity index is 351. The van der Waals surface area contributed by atoms with Gasteiger partial charge in [-0.1, -0.05) is 6.58 Å². The molecule has 0 spiro atoms. The van der Waals surface area contributed by atoms with E-state index in [9.17, 15) is 14.4 Å². The van der Waals surface area contributed by atoms with Crippen molar-refractivity contribution in [3.05, 3.63) is 12.7 Å². The van der Waals surface area contributed by atoms with E-state index in [0.717, 1.165) is 6.08 Å². The molecule has 0 aromatic carbocycles. The number of rotatable bonds is 6. The number of amides is 2. The Hall–Kier alpha value is -2.18. The topological polar surface area (TPSA) is 85.3 Å². The van der Waals surface area contributed by atoms with Crippen LogP contribution in [-0.2, 0) is 19.1 Å². The van der Waals surface area contributed by atoms with E-state index in [0.29, 0.717) is 0 Å². The van der Waals surface area contributed by atoms with E-state index in [4.69, 9.17) is 4.74 Å². The van der Waals surface area contributed by atoms with Crippen LogP contribution in [0.4, 0.5) is 4.79 Å². The first-order valence-corrected chi connectivity index (χ1v) is 5.19. The number of likely N-dealkylation sites (N-methyl/N-ethyl adjacent to an activating group) is 1. The van der Waals surface area contributed by atoms with Crippen molar-refractivity contribution in [2.24, 2.45) is 4.99 Å². The fourth-order valence-corrected chi connectivity index (χ4v) is 0.832. The van der Waals surface area contributed by atoms with Gasteiger partial charge >= 0.3 is 18.0 Å². The molecule has 2 amide bonds. The van der Waals surface area contributed by atoms with Crippen molar-refractivity contribution >= 4 is 24.2 Å². The van der Waals surface area contributed by atoms with Gasteiger partial charge in [-0.05, 0) is 6.92 Å². The lowest BCUT2D eigenvalue weighted by atomic mass is 10.6. The maximum absolute atomic E-state index is 11.2. The summed E-state index contributed by atoms with van der Waals surface area (Å²) in [7, 11) is 1.53. The lowest BCUT2D eigenvalue weighted by molar-refractivity contribution is -0.156. The number of nitrogens with zero attached hydrogens (tertiary/aromatic N) is 2. The fraction of sp³-hybridized carbons (Fsp3) is 0.455. The van der Waals surface area contributed by atoms with Crippen LogP contribution in [0.15, 0.2) is 17.6 Å². The summed E-state index contributed by atoms with van der Waals surface area (Å²) < 4.78 is 9.20. The van der Waals surface area contributed by atoms with Crippen molar-refractivity contribution in [1.29, 1.82) is 0 Å². The minimum absolute atomic E-state index is 0.00590. The zero-order chi connectivity index (χ0) is 14.0. The van der Waals surface area contributed by atoms with Gasteiger partial charge in [0.25, 0.3) is 0 Å². The molecule has 0 bridgehead atoms. The van der Waals surface area contributed by atoms with Crippen LogP contribution in [0.2, 0.25) is 0 Å². The number of esters is 2. The van der Waals surface area contributed by atoms with Crippen LogP contribution in [0.25, 0.3) is 0 Å². The number of hydrogen-bond donors (Lipinski definition) is 0. The average Bonchev–Trinajstić information content (AvgIpc) is 2.35. The van der Waals surface area contributed by atoms with Gasteiger partial charge < -0.3 is 14.4 Å². The molecule has 0 aromatic heterocycles. The van der Waals surface area contributed by atoms with Gasteiger partial charge in [-0.2, -0.15) is 0 Å². The molecule has 0 aromatic rings. The van der Waals surface area contributed by atoms with Gasteiger partial charge in [0.1, 0.15) is 6.61 Å². The molecule has 7 nitrogen and oxygen atoms in total. The molecule has 0 unspecified atom stereocenters. The summed E-state index contributed by atoms with van der Waals surface area (Å²) in [5, 5.41) is 0. The quantitative estimate of drug-likeness (QED) is 0.390. The molecule has 0 saturated heterocycles. The van der Waals surface area contributed by atoms with Crippen LogP contribution >= 0.6 is 0 Å². The summed E-state index contributed by atoms with van der Waals surface area (Å²) in [6.07, 6.45) is 2.32. The molecule has 0 fully saturated rings. The Morgan fingerprint density at radius 1 is 1.33 bits per heavy atom. The van der Waals surface area contributed by atoms with Crippen molar-refractivity contribution in [3.63, 3.8) is 0 Å². The number of ether oxygens (including phenoxy) is 2. The SMILES string of the molecule is C=CC(=O)OCC(=O)OCCN(C)C(=O)N=CC. The predicted molar refractivity (Wildman–Crippen MR) is 64.3 cm³/mol. The van der Waals surface area contributed by atoms with E-state index in [1.807, 2.05) is 0 Å². The molecule has 18 heavy (non-hydrogen) atoms. The number of urea groups is 1. The standard InChI is InChI=1S/C11H16N2O5/c1-4-9(14)18-8-10(15)17-7-6-13(3)11(16)12-5-2/h4-5H,1,6-8H2,2-3H3. The molecule has 0 atom stereocenters. The molecular formula is C11H16N2O5. The van der Waals surface area contributed by atoms with Crippen LogP contribution in [0, 0.1) is 0 Å². The number of carbonyl (C=O) groups excluding carboxylic acids is 3. The second-order valence-electron chi connectivity index (χ2n) is 3.12. The first-order chi connectivity index (χ1) is 8.51. The van der Waals surface area contributed by atoms with Crippen molar-refractivity contribution in [2.75, 3.05) is 26.8 Å². The van der Waals surface area contributed by atoms with Crippen molar-refractivity contribution in [1.82, 2.24) is 4.90 Å². The Morgan fingerprint density at radius 2 is 2.00 bits per heavy atom. The zero-order valence-corrected chi connectivity index (χ0v) is 10.4. The summed E-state index contributed by atoms with van der Waals surface area (Å²) in [5.41, 5.74) is 0. The Kier molecular flexibility index (Phi) is 7.83. The van der Waals surface area contributed by atoms with Crippen molar-refractivity contribution in [3.8, 4) is 0 Å². The van der Waals surface area contributed by atoms with Gasteiger partial charge in [-0.3, -0.25) is 0 Å². The number of aliphatic imine (C=N–C) groups is 1. The van der Waals surface area contributed by atoms with Crippen LogP contribution in [0.5, 0.6) is 0 Å². The molecule has 100 valence electrons. The lowest BCUT2D eigenvalue weighted by Gasteiger charge is -2.13.